The molecule has 11 nitrogen and oxygen atoms in total. The number of aliphatic carboxylic acids is 2. The van der Waals surface area contributed by atoms with Gasteiger partial charge in [-0.05, 0) is 36.4 Å². The minimum atomic E-state index is -1.55. The second-order valence-electron chi connectivity index (χ2n) is 6.70. The highest BCUT2D eigenvalue weighted by molar-refractivity contribution is 5.95. The van der Waals surface area contributed by atoms with Crippen molar-refractivity contribution < 1.29 is 38.5 Å². The second kappa shape index (κ2) is 10.1. The Bertz CT molecular complexity index is 996. The average molecular weight is 431 g/mol. The first-order valence-corrected chi connectivity index (χ1v) is 9.07. The molecule has 31 heavy (non-hydrogen) atoms. The number of rotatable bonds is 10. The molecular formula is C20H21N3O8. The van der Waals surface area contributed by atoms with Crippen molar-refractivity contribution >= 4 is 29.7 Å². The van der Waals surface area contributed by atoms with Crippen molar-refractivity contribution in [1.29, 1.82) is 5.41 Å². The third-order valence-corrected chi connectivity index (χ3v) is 4.19. The zero-order valence-electron chi connectivity index (χ0n) is 16.5. The van der Waals surface area contributed by atoms with E-state index in [9.17, 15) is 19.2 Å². The van der Waals surface area contributed by atoms with E-state index in [1.165, 1.54) is 43.3 Å². The molecule has 1 amide bonds. The number of esters is 1. The Morgan fingerprint density at radius 1 is 1.13 bits per heavy atom. The summed E-state index contributed by atoms with van der Waals surface area (Å²) in [5.41, 5.74) is 5.83. The molecule has 0 fully saturated rings. The second-order valence-corrected chi connectivity index (χ2v) is 6.70. The molecule has 6 N–H and O–H groups in total. The molecule has 1 heterocycles. The predicted octanol–water partition coefficient (Wildman–Crippen LogP) is 1.01. The van der Waals surface area contributed by atoms with Gasteiger partial charge in [0.1, 0.15) is 23.4 Å². The van der Waals surface area contributed by atoms with Crippen LogP contribution < -0.4 is 15.8 Å². The van der Waals surface area contributed by atoms with Gasteiger partial charge < -0.3 is 30.4 Å². The van der Waals surface area contributed by atoms with E-state index in [4.69, 9.17) is 30.5 Å². The Morgan fingerprint density at radius 3 is 2.32 bits per heavy atom. The van der Waals surface area contributed by atoms with Crippen molar-refractivity contribution in [2.75, 3.05) is 0 Å². The molecule has 0 bridgehead atoms. The maximum atomic E-state index is 12.2. The number of amides is 1. The molecule has 0 radical (unpaired) electrons. The fourth-order valence-electron chi connectivity index (χ4n) is 2.54. The normalized spacial score (nSPS) is 12.4. The van der Waals surface area contributed by atoms with Crippen molar-refractivity contribution in [2.24, 2.45) is 11.7 Å². The minimum Gasteiger partial charge on any atom is -0.481 e. The van der Waals surface area contributed by atoms with Gasteiger partial charge in [0.2, 0.25) is 11.7 Å². The molecule has 1 unspecified atom stereocenters. The highest BCUT2D eigenvalue weighted by atomic mass is 16.5. The number of nitrogens with two attached hydrogens (primary N) is 1. The number of ether oxygens (including phenoxy) is 1. The van der Waals surface area contributed by atoms with Gasteiger partial charge in [-0.15, -0.1) is 0 Å². The van der Waals surface area contributed by atoms with Gasteiger partial charge in [-0.3, -0.25) is 15.0 Å². The number of amidine groups is 1. The molecule has 0 saturated heterocycles. The maximum Gasteiger partial charge on any atom is 0.379 e. The van der Waals surface area contributed by atoms with E-state index in [0.29, 0.717) is 5.56 Å². The Kier molecular flexibility index (Phi) is 7.50. The van der Waals surface area contributed by atoms with Crippen LogP contribution in [0.4, 0.5) is 0 Å². The van der Waals surface area contributed by atoms with Gasteiger partial charge in [0.05, 0.1) is 6.42 Å². The summed E-state index contributed by atoms with van der Waals surface area (Å²) in [4.78, 5) is 46.2. The van der Waals surface area contributed by atoms with Crippen LogP contribution >= 0.6 is 0 Å². The first kappa shape index (κ1) is 23.1. The van der Waals surface area contributed by atoms with E-state index in [-0.39, 0.29) is 29.5 Å². The van der Waals surface area contributed by atoms with Crippen LogP contribution in [0.5, 0.6) is 5.75 Å². The SMILES string of the molecule is CC(Cc1ccc(C(=O)Oc2ccc(C(=N)N)cc2)o1)C(=O)N[C@H](CC(=O)O)C(=O)O. The lowest BCUT2D eigenvalue weighted by Crippen LogP contribution is -2.44. The third kappa shape index (κ3) is 6.70. The number of nitrogens with one attached hydrogen (secondary N) is 2. The number of carboxylic acid groups (broad SMARTS) is 2. The number of benzene rings is 1. The van der Waals surface area contributed by atoms with Crippen LogP contribution in [0.2, 0.25) is 0 Å². The van der Waals surface area contributed by atoms with E-state index >= 15 is 0 Å². The van der Waals surface area contributed by atoms with Crippen LogP contribution in [0, 0.1) is 11.3 Å². The van der Waals surface area contributed by atoms with Crippen molar-refractivity contribution in [3.05, 3.63) is 53.5 Å². The van der Waals surface area contributed by atoms with Crippen molar-refractivity contribution in [2.45, 2.75) is 25.8 Å². The number of carbonyl (C=O) groups is 4. The number of hydrogen-bond acceptors (Lipinski definition) is 7. The fraction of sp³-hybridized carbons (Fsp3) is 0.250. The number of carboxylic acids is 2. The summed E-state index contributed by atoms with van der Waals surface area (Å²) in [5.74, 6) is -4.72. The Hall–Kier alpha value is -4.15. The Labute approximate surface area is 176 Å². The fourth-order valence-corrected chi connectivity index (χ4v) is 2.54. The standard InChI is InChI=1S/C20H21N3O8/c1-10(18(26)23-14(19(27)28)9-16(24)25)8-13-6-7-15(30-13)20(29)31-12-4-2-11(3-5-12)17(21)22/h2-7,10,14H,8-9H2,1H3,(H3,21,22)(H,23,26)(H,24,25)(H,27,28)/t10?,14-/m1/s1. The molecule has 0 aliphatic rings. The highest BCUT2D eigenvalue weighted by Gasteiger charge is 2.26. The van der Waals surface area contributed by atoms with Gasteiger partial charge in [0, 0.05) is 17.9 Å². The van der Waals surface area contributed by atoms with Gasteiger partial charge in [-0.1, -0.05) is 6.92 Å². The summed E-state index contributed by atoms with van der Waals surface area (Å²) < 4.78 is 10.6. The van der Waals surface area contributed by atoms with Gasteiger partial charge in [0.25, 0.3) is 0 Å². The van der Waals surface area contributed by atoms with E-state index < -0.39 is 42.2 Å². The zero-order valence-corrected chi connectivity index (χ0v) is 16.5. The summed E-state index contributed by atoms with van der Waals surface area (Å²) in [5, 5.41) is 27.2. The van der Waals surface area contributed by atoms with Crippen LogP contribution in [0.1, 0.15) is 35.2 Å². The van der Waals surface area contributed by atoms with E-state index in [0.717, 1.165) is 0 Å². The highest BCUT2D eigenvalue weighted by Crippen LogP contribution is 2.17. The molecule has 0 aliphatic heterocycles. The van der Waals surface area contributed by atoms with Crippen molar-refractivity contribution in [3.8, 4) is 5.75 Å². The number of hydrogen-bond donors (Lipinski definition) is 5. The van der Waals surface area contributed by atoms with Crippen LogP contribution in [0.15, 0.2) is 40.8 Å². The van der Waals surface area contributed by atoms with Gasteiger partial charge in [0.15, 0.2) is 0 Å². The van der Waals surface area contributed by atoms with E-state index in [2.05, 4.69) is 5.32 Å². The first-order valence-electron chi connectivity index (χ1n) is 9.07. The summed E-state index contributed by atoms with van der Waals surface area (Å²) in [6.45, 7) is 1.51. The molecular weight excluding hydrogens is 410 g/mol. The molecule has 11 heteroatoms. The van der Waals surface area contributed by atoms with Crippen molar-refractivity contribution in [1.82, 2.24) is 5.32 Å². The van der Waals surface area contributed by atoms with Gasteiger partial charge in [-0.2, -0.15) is 0 Å². The number of nitrogen functional groups attached to an aromatic ring is 1. The monoisotopic (exact) mass is 431 g/mol. The third-order valence-electron chi connectivity index (χ3n) is 4.19. The Balaban J connectivity index is 1.95. The number of furan rings is 1. The topological polar surface area (TPSA) is 193 Å². The predicted molar refractivity (Wildman–Crippen MR) is 106 cm³/mol. The minimum absolute atomic E-state index is 0.0475. The lowest BCUT2D eigenvalue weighted by Gasteiger charge is -2.15. The van der Waals surface area contributed by atoms with E-state index in [1.807, 2.05) is 0 Å². The summed E-state index contributed by atoms with van der Waals surface area (Å²) in [6, 6.07) is 7.29. The van der Waals surface area contributed by atoms with Gasteiger partial charge in [-0.25, -0.2) is 9.59 Å². The van der Waals surface area contributed by atoms with Crippen LogP contribution in [-0.2, 0) is 20.8 Å². The molecule has 1 aromatic heterocycles. The molecule has 2 atom stereocenters. The summed E-state index contributed by atoms with van der Waals surface area (Å²) in [7, 11) is 0. The maximum absolute atomic E-state index is 12.2. The first-order chi connectivity index (χ1) is 14.6. The molecule has 164 valence electrons. The lowest BCUT2D eigenvalue weighted by atomic mass is 10.0. The molecule has 0 spiro atoms. The van der Waals surface area contributed by atoms with Gasteiger partial charge >= 0.3 is 17.9 Å². The smallest absolute Gasteiger partial charge is 0.379 e. The zero-order chi connectivity index (χ0) is 23.1. The number of carbonyl (C=O) groups excluding carboxylic acids is 2. The van der Waals surface area contributed by atoms with Crippen LogP contribution in [0.25, 0.3) is 0 Å². The summed E-state index contributed by atoms with van der Waals surface area (Å²) in [6.07, 6.45) is -0.705. The van der Waals surface area contributed by atoms with Crippen molar-refractivity contribution in [3.63, 3.8) is 0 Å². The van der Waals surface area contributed by atoms with Crippen LogP contribution in [0.3, 0.4) is 0 Å². The molecule has 1 aromatic carbocycles. The summed E-state index contributed by atoms with van der Waals surface area (Å²) >= 11 is 0. The molecule has 2 aromatic rings. The molecule has 2 rings (SSSR count). The van der Waals surface area contributed by atoms with Crippen LogP contribution in [-0.4, -0.2) is 45.9 Å². The molecule has 0 aliphatic carbocycles. The lowest BCUT2D eigenvalue weighted by molar-refractivity contribution is -0.147. The quantitative estimate of drug-likeness (QED) is 0.158. The largest absolute Gasteiger partial charge is 0.481 e. The van der Waals surface area contributed by atoms with E-state index in [1.54, 1.807) is 0 Å². The molecule has 0 saturated carbocycles. The Morgan fingerprint density at radius 2 is 1.77 bits per heavy atom. The average Bonchev–Trinajstić information content (AvgIpc) is 3.16.